The number of carbonyl (C=O) groups excluding carboxylic acids is 4. The Balaban J connectivity index is 0.000000196. The third kappa shape index (κ3) is 7.78. The predicted octanol–water partition coefficient (Wildman–Crippen LogP) is 7.20. The fourth-order valence-electron chi connectivity index (χ4n) is 16.1. The van der Waals surface area contributed by atoms with Crippen LogP contribution in [0, 0.1) is 68.0 Å². The van der Waals surface area contributed by atoms with Gasteiger partial charge in [0, 0.05) is 36.9 Å². The molecule has 66 heavy (non-hydrogen) atoms. The molecule has 0 heterocycles. The molecular weight excluding hydrogens is 841 g/mol. The fraction of sp³-hybridized carbons (Fsp3) is 0.778. The van der Waals surface area contributed by atoms with Gasteiger partial charge in [0.15, 0.2) is 35.7 Å². The van der Waals surface area contributed by atoms with E-state index in [9.17, 15) is 39.6 Å². The molecule has 0 aromatic carbocycles. The molecule has 8 aliphatic rings. The first-order valence-corrected chi connectivity index (χ1v) is 25.0. The van der Waals surface area contributed by atoms with Crippen LogP contribution in [0.3, 0.4) is 0 Å². The molecule has 0 amide bonds. The lowest BCUT2D eigenvalue weighted by molar-refractivity contribution is -0.199. The molecule has 0 radical (unpaired) electrons. The molecule has 12 nitrogen and oxygen atoms in total. The van der Waals surface area contributed by atoms with Crippen LogP contribution in [-0.2, 0) is 38.1 Å². The minimum absolute atomic E-state index is 0.0129. The summed E-state index contributed by atoms with van der Waals surface area (Å²) in [6.45, 7) is 15.4. The first-order chi connectivity index (χ1) is 31.1. The number of methoxy groups -OCH3 is 2. The van der Waals surface area contributed by atoms with Crippen LogP contribution in [0.2, 0.25) is 0 Å². The molecule has 4 N–H and O–H groups in total. The lowest BCUT2D eigenvalue weighted by Crippen LogP contribution is -2.59. The number of hydrogen-bond donors (Lipinski definition) is 4. The monoisotopic (exact) mass is 921 g/mol. The molecule has 368 valence electrons. The number of ketones is 4. The summed E-state index contributed by atoms with van der Waals surface area (Å²) in [4.78, 5) is 50.7. The summed E-state index contributed by atoms with van der Waals surface area (Å²) in [6.07, 6.45) is 17.0. The topological polar surface area (TPSA) is 186 Å². The van der Waals surface area contributed by atoms with Crippen molar-refractivity contribution in [1.29, 1.82) is 0 Å². The van der Waals surface area contributed by atoms with Gasteiger partial charge in [0.25, 0.3) is 0 Å². The second kappa shape index (κ2) is 18.9. The third-order valence-electron chi connectivity index (χ3n) is 20.0. The Bertz CT molecular complexity index is 1870. The first-order valence-electron chi connectivity index (χ1n) is 25.0. The summed E-state index contributed by atoms with van der Waals surface area (Å²) in [6, 6.07) is 0. The average molecular weight is 921 g/mol. The summed E-state index contributed by atoms with van der Waals surface area (Å²) in [5, 5.41) is 43.1. The van der Waals surface area contributed by atoms with Crippen LogP contribution in [0.15, 0.2) is 47.6 Å². The second-order valence-corrected chi connectivity index (χ2v) is 22.6. The van der Waals surface area contributed by atoms with Crippen molar-refractivity contribution in [1.82, 2.24) is 0 Å². The fourth-order valence-corrected chi connectivity index (χ4v) is 16.1. The van der Waals surface area contributed by atoms with E-state index in [0.717, 1.165) is 62.5 Å². The van der Waals surface area contributed by atoms with Gasteiger partial charge in [-0.3, -0.25) is 19.2 Å². The Labute approximate surface area is 393 Å². The molecule has 0 spiro atoms. The van der Waals surface area contributed by atoms with Gasteiger partial charge in [-0.05, 0) is 137 Å². The second-order valence-electron chi connectivity index (χ2n) is 22.6. The van der Waals surface area contributed by atoms with Gasteiger partial charge in [0.2, 0.25) is 0 Å². The maximum Gasteiger partial charge on any atom is 0.178 e. The number of aliphatic hydroxyl groups is 4. The van der Waals surface area contributed by atoms with E-state index in [1.807, 2.05) is 26.0 Å². The zero-order chi connectivity index (χ0) is 48.4. The molecule has 0 aliphatic heterocycles. The van der Waals surface area contributed by atoms with Gasteiger partial charge in [-0.25, -0.2) is 0 Å². The molecule has 8 rings (SSSR count). The van der Waals surface area contributed by atoms with Gasteiger partial charge in [-0.1, -0.05) is 77.7 Å². The maximum absolute atomic E-state index is 13.3. The van der Waals surface area contributed by atoms with Crippen molar-refractivity contribution in [3.05, 3.63) is 47.6 Å². The number of rotatable bonds is 14. The van der Waals surface area contributed by atoms with Crippen molar-refractivity contribution in [2.45, 2.75) is 169 Å². The van der Waals surface area contributed by atoms with Gasteiger partial charge in [0.1, 0.15) is 13.2 Å². The molecule has 0 aromatic rings. The third-order valence-corrected chi connectivity index (χ3v) is 20.0. The van der Waals surface area contributed by atoms with Crippen LogP contribution in [0.1, 0.15) is 132 Å². The van der Waals surface area contributed by atoms with Crippen molar-refractivity contribution in [2.24, 2.45) is 68.0 Å². The van der Waals surface area contributed by atoms with E-state index in [1.165, 1.54) is 0 Å². The van der Waals surface area contributed by atoms with E-state index in [2.05, 4.69) is 41.5 Å². The van der Waals surface area contributed by atoms with Gasteiger partial charge >= 0.3 is 0 Å². The number of ether oxygens (including phenoxy) is 4. The number of Topliss-reactive ketones (excluding diaryl/α,β-unsaturated/α-hetero) is 2. The van der Waals surface area contributed by atoms with Crippen molar-refractivity contribution in [3.63, 3.8) is 0 Å². The number of fused-ring (bicyclic) bond motifs is 10. The average Bonchev–Trinajstić information content (AvgIpc) is 3.64. The molecule has 0 saturated heterocycles. The molecule has 6 fully saturated rings. The SMILES string of the molecule is CCCC(OC)OC1CC2C3CCC4=CC(=O)C=CC4(C)C3C(O)CC2(C)C1(C)C(=O)CO.CCCC(OC)OC1CC2C3CCC4=CC(=O)C=CC4(C)C3C(O)CC2(C)C1(C)C(=O)CO. The standard InChI is InChI=1S/2C27H40O6/c2*1-6-7-23(32-5)33-22-13-19-18-9-8-16-12-17(29)10-11-25(16,2)24(18)20(30)14-26(19,3)27(22,4)21(31)15-28/h2*10-12,18-20,22-24,28,30H,6-9,13-15H2,1-5H3. The normalized spacial score (nSPS) is 45.1. The van der Waals surface area contributed by atoms with Gasteiger partial charge in [0.05, 0.1) is 35.2 Å². The van der Waals surface area contributed by atoms with Gasteiger partial charge in [-0.15, -0.1) is 0 Å². The Morgan fingerprint density at radius 2 is 1.02 bits per heavy atom. The minimum Gasteiger partial charge on any atom is -0.393 e. The summed E-state index contributed by atoms with van der Waals surface area (Å²) in [5.41, 5.74) is -1.34. The Hall–Kier alpha value is -2.68. The minimum atomic E-state index is -0.918. The number of hydrogen-bond acceptors (Lipinski definition) is 12. The highest BCUT2D eigenvalue weighted by Gasteiger charge is 2.72. The molecule has 8 aliphatic carbocycles. The highest BCUT2D eigenvalue weighted by molar-refractivity contribution is 6.01. The predicted molar refractivity (Wildman–Crippen MR) is 248 cm³/mol. The van der Waals surface area contributed by atoms with E-state index < -0.39 is 59.7 Å². The molecule has 18 unspecified atom stereocenters. The van der Waals surface area contributed by atoms with E-state index in [-0.39, 0.29) is 81.7 Å². The van der Waals surface area contributed by atoms with E-state index in [4.69, 9.17) is 18.9 Å². The van der Waals surface area contributed by atoms with Crippen molar-refractivity contribution >= 4 is 23.1 Å². The van der Waals surface area contributed by atoms with Crippen molar-refractivity contribution in [2.75, 3.05) is 27.4 Å². The van der Waals surface area contributed by atoms with Crippen molar-refractivity contribution in [3.8, 4) is 0 Å². The quantitative estimate of drug-likeness (QED) is 0.129. The molecule has 6 saturated carbocycles. The van der Waals surface area contributed by atoms with E-state index in [1.54, 1.807) is 38.5 Å². The van der Waals surface area contributed by atoms with Crippen LogP contribution < -0.4 is 0 Å². The highest BCUT2D eigenvalue weighted by atomic mass is 16.7. The number of carbonyl (C=O) groups is 4. The lowest BCUT2D eigenvalue weighted by Gasteiger charge is -2.60. The number of allylic oxidation sites excluding steroid dienone is 8. The largest absolute Gasteiger partial charge is 0.393 e. The number of aliphatic hydroxyl groups excluding tert-OH is 4. The Morgan fingerprint density at radius 3 is 1.33 bits per heavy atom. The van der Waals surface area contributed by atoms with Crippen LogP contribution in [-0.4, -0.2) is 108 Å². The summed E-state index contributed by atoms with van der Waals surface area (Å²) in [5.74, 6) is 0.305. The molecule has 0 bridgehead atoms. The zero-order valence-corrected chi connectivity index (χ0v) is 41.3. The van der Waals surface area contributed by atoms with Gasteiger partial charge in [-0.2, -0.15) is 0 Å². The molecular formula is C54H80O12. The highest BCUT2D eigenvalue weighted by Crippen LogP contribution is 2.72. The maximum atomic E-state index is 13.3. The smallest absolute Gasteiger partial charge is 0.178 e. The first kappa shape index (κ1) is 51.2. The van der Waals surface area contributed by atoms with Crippen LogP contribution in [0.25, 0.3) is 0 Å². The van der Waals surface area contributed by atoms with Gasteiger partial charge < -0.3 is 39.4 Å². The lowest BCUT2D eigenvalue weighted by atomic mass is 9.45. The van der Waals surface area contributed by atoms with Crippen LogP contribution in [0.4, 0.5) is 0 Å². The summed E-state index contributed by atoms with van der Waals surface area (Å²) in [7, 11) is 3.25. The molecule has 12 heteroatoms. The zero-order valence-electron chi connectivity index (χ0n) is 41.3. The molecule has 0 aromatic heterocycles. The van der Waals surface area contributed by atoms with Crippen molar-refractivity contribution < 1.29 is 58.6 Å². The van der Waals surface area contributed by atoms with Crippen LogP contribution in [0.5, 0.6) is 0 Å². The Morgan fingerprint density at radius 1 is 0.652 bits per heavy atom. The van der Waals surface area contributed by atoms with Crippen LogP contribution >= 0.6 is 0 Å². The summed E-state index contributed by atoms with van der Waals surface area (Å²) < 4.78 is 24.1. The van der Waals surface area contributed by atoms with E-state index >= 15 is 0 Å². The molecule has 18 atom stereocenters. The van der Waals surface area contributed by atoms with E-state index in [0.29, 0.717) is 25.7 Å². The Kier molecular flexibility index (Phi) is 14.7. The summed E-state index contributed by atoms with van der Waals surface area (Å²) >= 11 is 0.